The molecule has 0 aliphatic carbocycles. The van der Waals surface area contributed by atoms with Crippen LogP contribution >= 0.6 is 11.8 Å². The summed E-state index contributed by atoms with van der Waals surface area (Å²) in [5.41, 5.74) is 0.784. The molecule has 0 saturated carbocycles. The number of carbonyl (C=O) groups excluding carboxylic acids is 1. The minimum absolute atomic E-state index is 0.0355. The van der Waals surface area contributed by atoms with E-state index in [1.54, 1.807) is 22.8 Å². The zero-order valence-electron chi connectivity index (χ0n) is 15.9. The number of ether oxygens (including phenoxy) is 3. The van der Waals surface area contributed by atoms with Gasteiger partial charge in [-0.05, 0) is 43.9 Å². The van der Waals surface area contributed by atoms with Crippen LogP contribution in [0.1, 0.15) is 36.0 Å². The number of hydrogen-bond acceptors (Lipinski definition) is 7. The van der Waals surface area contributed by atoms with Crippen LogP contribution < -0.4 is 5.56 Å². The fraction of sp³-hybridized carbons (Fsp3) is 0.550. The Morgan fingerprint density at radius 3 is 2.68 bits per heavy atom. The van der Waals surface area contributed by atoms with Gasteiger partial charge in [-0.15, -0.1) is 0 Å². The maximum Gasteiger partial charge on any atom is 0.337 e. The largest absolute Gasteiger partial charge is 0.465 e. The maximum atomic E-state index is 13.2. The molecule has 4 rings (SSSR count). The zero-order valence-corrected chi connectivity index (χ0v) is 16.7. The molecule has 1 aromatic heterocycles. The molecule has 28 heavy (non-hydrogen) atoms. The summed E-state index contributed by atoms with van der Waals surface area (Å²) in [5.74, 6) is 0.306. The van der Waals surface area contributed by atoms with Gasteiger partial charge in [0.25, 0.3) is 5.56 Å². The van der Waals surface area contributed by atoms with Crippen LogP contribution in [0.25, 0.3) is 10.9 Å². The lowest BCUT2D eigenvalue weighted by molar-refractivity contribution is 0.0601. The number of methoxy groups -OCH3 is 1. The van der Waals surface area contributed by atoms with Crippen LogP contribution in [0, 0.1) is 0 Å². The van der Waals surface area contributed by atoms with Crippen molar-refractivity contribution in [2.45, 2.75) is 49.6 Å². The quantitative estimate of drug-likeness (QED) is 0.416. The van der Waals surface area contributed by atoms with E-state index in [0.717, 1.165) is 44.6 Å². The van der Waals surface area contributed by atoms with Crippen LogP contribution in [-0.4, -0.2) is 53.8 Å². The average Bonchev–Trinajstić information content (AvgIpc) is 3.41. The smallest absolute Gasteiger partial charge is 0.337 e. The Kier molecular flexibility index (Phi) is 5.99. The van der Waals surface area contributed by atoms with E-state index in [4.69, 9.17) is 19.2 Å². The second kappa shape index (κ2) is 8.63. The Bertz CT molecular complexity index is 917. The highest BCUT2D eigenvalue weighted by molar-refractivity contribution is 7.99. The monoisotopic (exact) mass is 404 g/mol. The minimum atomic E-state index is -0.444. The van der Waals surface area contributed by atoms with Gasteiger partial charge in [0.2, 0.25) is 0 Å². The number of rotatable bonds is 6. The molecule has 2 aliphatic heterocycles. The van der Waals surface area contributed by atoms with Gasteiger partial charge in [-0.2, -0.15) is 0 Å². The van der Waals surface area contributed by atoms with Gasteiger partial charge in [-0.1, -0.05) is 11.8 Å². The van der Waals surface area contributed by atoms with Crippen molar-refractivity contribution in [3.63, 3.8) is 0 Å². The molecule has 0 unspecified atom stereocenters. The van der Waals surface area contributed by atoms with Crippen molar-refractivity contribution in [3.05, 3.63) is 34.1 Å². The Hall–Kier alpha value is -1.90. The molecule has 0 radical (unpaired) electrons. The summed E-state index contributed by atoms with van der Waals surface area (Å²) in [7, 11) is 1.34. The summed E-state index contributed by atoms with van der Waals surface area (Å²) >= 11 is 1.53. The van der Waals surface area contributed by atoms with Crippen LogP contribution in [0.5, 0.6) is 0 Å². The summed E-state index contributed by atoms with van der Waals surface area (Å²) in [6.07, 6.45) is 4.29. The first-order chi connectivity index (χ1) is 13.7. The van der Waals surface area contributed by atoms with Crippen molar-refractivity contribution in [3.8, 4) is 0 Å². The number of aromatic nitrogens is 2. The fourth-order valence-corrected chi connectivity index (χ4v) is 4.73. The van der Waals surface area contributed by atoms with Crippen molar-refractivity contribution in [2.75, 3.05) is 26.1 Å². The maximum absolute atomic E-state index is 13.2. The van der Waals surface area contributed by atoms with Crippen molar-refractivity contribution in [1.29, 1.82) is 0 Å². The fourth-order valence-electron chi connectivity index (χ4n) is 3.65. The van der Waals surface area contributed by atoms with Crippen LogP contribution in [0.4, 0.5) is 0 Å². The molecular formula is C20H24N2O5S. The first-order valence-corrected chi connectivity index (χ1v) is 10.6. The third-order valence-electron chi connectivity index (χ3n) is 5.17. The highest BCUT2D eigenvalue weighted by atomic mass is 32.2. The number of benzene rings is 1. The van der Waals surface area contributed by atoms with Crippen LogP contribution in [-0.2, 0) is 20.8 Å². The van der Waals surface area contributed by atoms with Crippen LogP contribution in [0.15, 0.2) is 28.2 Å². The number of carbonyl (C=O) groups is 1. The van der Waals surface area contributed by atoms with Gasteiger partial charge in [-0.3, -0.25) is 9.36 Å². The first kappa shape index (κ1) is 19.4. The van der Waals surface area contributed by atoms with Crippen molar-refractivity contribution in [2.24, 2.45) is 0 Å². The third kappa shape index (κ3) is 4.09. The van der Waals surface area contributed by atoms with Crippen molar-refractivity contribution >= 4 is 28.6 Å². The van der Waals surface area contributed by atoms with Gasteiger partial charge in [0, 0.05) is 19.0 Å². The molecule has 0 bridgehead atoms. The van der Waals surface area contributed by atoms with Gasteiger partial charge >= 0.3 is 5.97 Å². The van der Waals surface area contributed by atoms with Crippen LogP contribution in [0.2, 0.25) is 0 Å². The molecule has 2 fully saturated rings. The van der Waals surface area contributed by atoms with Gasteiger partial charge in [-0.25, -0.2) is 9.78 Å². The first-order valence-electron chi connectivity index (χ1n) is 9.64. The second-order valence-corrected chi connectivity index (χ2v) is 8.10. The highest BCUT2D eigenvalue weighted by Gasteiger charge is 2.22. The Morgan fingerprint density at radius 1 is 1.25 bits per heavy atom. The molecule has 0 spiro atoms. The molecule has 2 saturated heterocycles. The molecule has 0 amide bonds. The molecule has 2 aliphatic rings. The number of nitrogens with zero attached hydrogens (tertiary/aromatic N) is 2. The molecule has 7 nitrogen and oxygen atoms in total. The number of esters is 1. The molecule has 3 heterocycles. The number of thioether (sulfide) groups is 1. The normalized spacial score (nSPS) is 22.0. The lowest BCUT2D eigenvalue weighted by atomic mass is 10.1. The minimum Gasteiger partial charge on any atom is -0.465 e. The van der Waals surface area contributed by atoms with Gasteiger partial charge in [0.1, 0.15) is 0 Å². The third-order valence-corrected chi connectivity index (χ3v) is 6.28. The lowest BCUT2D eigenvalue weighted by Gasteiger charge is -2.17. The highest BCUT2D eigenvalue weighted by Crippen LogP contribution is 2.25. The van der Waals surface area contributed by atoms with E-state index < -0.39 is 5.97 Å². The van der Waals surface area contributed by atoms with Crippen LogP contribution in [0.3, 0.4) is 0 Å². The molecular weight excluding hydrogens is 380 g/mol. The molecule has 1 aromatic carbocycles. The van der Waals surface area contributed by atoms with Crippen molar-refractivity contribution < 1.29 is 19.0 Å². The van der Waals surface area contributed by atoms with E-state index in [-0.39, 0.29) is 17.8 Å². The van der Waals surface area contributed by atoms with E-state index in [2.05, 4.69) is 0 Å². The summed E-state index contributed by atoms with van der Waals surface area (Å²) in [4.78, 5) is 29.8. The molecule has 2 atom stereocenters. The molecule has 150 valence electrons. The predicted molar refractivity (Wildman–Crippen MR) is 106 cm³/mol. The standard InChI is InChI=1S/C20H24N2O5S/c1-25-19(24)13-6-7-16-17(10-13)21-20(28-12-15-5-3-9-27-15)22(18(16)23)11-14-4-2-8-26-14/h6-7,10,14-15H,2-5,8-9,11-12H2,1H3/t14-,15-/m1/s1. The van der Waals surface area contributed by atoms with Crippen molar-refractivity contribution in [1.82, 2.24) is 9.55 Å². The topological polar surface area (TPSA) is 79.7 Å². The molecule has 8 heteroatoms. The van der Waals surface area contributed by atoms with E-state index >= 15 is 0 Å². The Balaban J connectivity index is 1.71. The van der Waals surface area contributed by atoms with Gasteiger partial charge in [0.05, 0.1) is 42.3 Å². The van der Waals surface area contributed by atoms with E-state index in [1.807, 2.05) is 0 Å². The average molecular weight is 404 g/mol. The summed E-state index contributed by atoms with van der Waals surface area (Å²) < 4.78 is 18.0. The molecule has 0 N–H and O–H groups in total. The molecule has 2 aromatic rings. The summed E-state index contributed by atoms with van der Waals surface area (Å²) in [5, 5.41) is 1.14. The van der Waals surface area contributed by atoms with E-state index in [0.29, 0.717) is 28.2 Å². The van der Waals surface area contributed by atoms with E-state index in [1.165, 1.54) is 18.9 Å². The number of fused-ring (bicyclic) bond motifs is 1. The van der Waals surface area contributed by atoms with E-state index in [9.17, 15) is 9.59 Å². The summed E-state index contributed by atoms with van der Waals surface area (Å²) in [6.45, 7) is 2.03. The predicted octanol–water partition coefficient (Wildman–Crippen LogP) is 2.63. The summed E-state index contributed by atoms with van der Waals surface area (Å²) in [6, 6.07) is 4.87. The van der Waals surface area contributed by atoms with Gasteiger partial charge < -0.3 is 14.2 Å². The second-order valence-electron chi connectivity index (χ2n) is 7.11. The Labute approximate surface area is 167 Å². The lowest BCUT2D eigenvalue weighted by Crippen LogP contribution is -2.29. The number of hydrogen-bond donors (Lipinski definition) is 0. The Morgan fingerprint density at radius 2 is 2.00 bits per heavy atom. The van der Waals surface area contributed by atoms with Gasteiger partial charge in [0.15, 0.2) is 5.16 Å². The SMILES string of the molecule is COC(=O)c1ccc2c(=O)n(C[C@H]3CCCO3)c(SC[C@H]3CCCO3)nc2c1. The zero-order chi connectivity index (χ0) is 19.5.